The second kappa shape index (κ2) is 9.62. The van der Waals surface area contributed by atoms with Crippen molar-refractivity contribution < 1.29 is 27.5 Å². The fraction of sp³-hybridized carbons (Fsp3) is 0.333. The number of alkyl halides is 3. The predicted molar refractivity (Wildman–Crippen MR) is 105 cm³/mol. The number of amides is 2. The van der Waals surface area contributed by atoms with Gasteiger partial charge in [-0.3, -0.25) is 20.4 Å². The number of hydrazine groups is 1. The molecule has 0 aromatic heterocycles. The molecule has 9 heteroatoms. The SMILES string of the molecule is O=C(CN1CCCc2ccccc21)NNC(=O)c1ccc(COCC(F)(F)F)cc1. The van der Waals surface area contributed by atoms with Gasteiger partial charge in [0.25, 0.3) is 11.8 Å². The zero-order valence-corrected chi connectivity index (χ0v) is 16.2. The minimum Gasteiger partial charge on any atom is -0.367 e. The van der Waals surface area contributed by atoms with Crippen LogP contribution < -0.4 is 15.8 Å². The number of carbonyl (C=O) groups is 2. The zero-order valence-electron chi connectivity index (χ0n) is 16.2. The van der Waals surface area contributed by atoms with Crippen molar-refractivity contribution in [1.82, 2.24) is 10.9 Å². The van der Waals surface area contributed by atoms with E-state index in [-0.39, 0.29) is 24.6 Å². The van der Waals surface area contributed by atoms with Crippen LogP contribution in [0.15, 0.2) is 48.5 Å². The number of hydrogen-bond donors (Lipinski definition) is 2. The molecule has 2 aromatic carbocycles. The molecule has 0 unspecified atom stereocenters. The zero-order chi connectivity index (χ0) is 21.6. The number of ether oxygens (including phenoxy) is 1. The molecule has 1 aliphatic heterocycles. The number of rotatable bonds is 6. The lowest BCUT2D eigenvalue weighted by Crippen LogP contribution is -2.47. The second-order valence-electron chi connectivity index (χ2n) is 6.96. The van der Waals surface area contributed by atoms with Crippen LogP contribution in [0.1, 0.15) is 27.9 Å². The maximum Gasteiger partial charge on any atom is 0.411 e. The molecule has 2 aromatic rings. The summed E-state index contributed by atoms with van der Waals surface area (Å²) >= 11 is 0. The maximum atomic E-state index is 12.2. The molecule has 0 aliphatic carbocycles. The average molecular weight is 421 g/mol. The first kappa shape index (κ1) is 21.6. The van der Waals surface area contributed by atoms with Crippen LogP contribution in [0.3, 0.4) is 0 Å². The van der Waals surface area contributed by atoms with Crippen molar-refractivity contribution in [1.29, 1.82) is 0 Å². The van der Waals surface area contributed by atoms with Crippen LogP contribution >= 0.6 is 0 Å². The standard InChI is InChI=1S/C21H22F3N3O3/c22-21(23,24)14-30-13-15-7-9-17(10-8-15)20(29)26-25-19(28)12-27-11-3-5-16-4-1-2-6-18(16)27/h1-2,4,6-10H,3,5,11-14H2,(H,25,28)(H,26,29). The van der Waals surface area contributed by atoms with Gasteiger partial charge in [0.1, 0.15) is 6.61 Å². The van der Waals surface area contributed by atoms with Gasteiger partial charge in [-0.15, -0.1) is 0 Å². The Hall–Kier alpha value is -3.07. The van der Waals surface area contributed by atoms with Crippen molar-refractivity contribution in [3.8, 4) is 0 Å². The number of hydrogen-bond acceptors (Lipinski definition) is 4. The molecule has 2 N–H and O–H groups in total. The lowest BCUT2D eigenvalue weighted by molar-refractivity contribution is -0.176. The third kappa shape index (κ3) is 6.21. The minimum absolute atomic E-state index is 0.118. The predicted octanol–water partition coefficient (Wildman–Crippen LogP) is 2.98. The van der Waals surface area contributed by atoms with E-state index in [1.807, 2.05) is 29.2 Å². The summed E-state index contributed by atoms with van der Waals surface area (Å²) in [7, 11) is 0. The number of carbonyl (C=O) groups excluding carboxylic acids is 2. The first-order valence-corrected chi connectivity index (χ1v) is 9.47. The van der Waals surface area contributed by atoms with Gasteiger partial charge in [0.15, 0.2) is 0 Å². The van der Waals surface area contributed by atoms with E-state index in [1.54, 1.807) is 0 Å². The molecule has 6 nitrogen and oxygen atoms in total. The summed E-state index contributed by atoms with van der Waals surface area (Å²) in [5.41, 5.74) is 7.73. The first-order valence-electron chi connectivity index (χ1n) is 9.47. The van der Waals surface area contributed by atoms with Gasteiger partial charge in [-0.05, 0) is 42.2 Å². The normalized spacial score (nSPS) is 13.5. The van der Waals surface area contributed by atoms with Gasteiger partial charge < -0.3 is 9.64 Å². The summed E-state index contributed by atoms with van der Waals surface area (Å²) in [6.45, 7) is -0.665. The Balaban J connectivity index is 1.46. The van der Waals surface area contributed by atoms with Crippen molar-refractivity contribution in [2.75, 3.05) is 24.6 Å². The van der Waals surface area contributed by atoms with Crippen molar-refractivity contribution in [3.63, 3.8) is 0 Å². The highest BCUT2D eigenvalue weighted by molar-refractivity contribution is 5.95. The highest BCUT2D eigenvalue weighted by Gasteiger charge is 2.27. The number of fused-ring (bicyclic) bond motifs is 1. The fourth-order valence-electron chi connectivity index (χ4n) is 3.22. The molecular weight excluding hydrogens is 399 g/mol. The van der Waals surface area contributed by atoms with E-state index in [4.69, 9.17) is 0 Å². The minimum atomic E-state index is -4.38. The van der Waals surface area contributed by atoms with Crippen LogP contribution in [0, 0.1) is 0 Å². The molecule has 0 saturated heterocycles. The molecule has 0 spiro atoms. The van der Waals surface area contributed by atoms with Crippen molar-refractivity contribution in [2.45, 2.75) is 25.6 Å². The number of anilines is 1. The molecule has 0 saturated carbocycles. The molecule has 1 heterocycles. The van der Waals surface area contributed by atoms with Crippen molar-refractivity contribution in [2.24, 2.45) is 0 Å². The summed E-state index contributed by atoms with van der Waals surface area (Å²) in [4.78, 5) is 26.4. The Bertz CT molecular complexity index is 885. The molecule has 1 aliphatic rings. The lowest BCUT2D eigenvalue weighted by atomic mass is 10.0. The third-order valence-corrected chi connectivity index (χ3v) is 4.61. The average Bonchev–Trinajstić information content (AvgIpc) is 2.72. The number of halogens is 3. The van der Waals surface area contributed by atoms with Crippen LogP contribution in [0.4, 0.5) is 18.9 Å². The Morgan fingerprint density at radius 1 is 1.03 bits per heavy atom. The summed E-state index contributed by atoms with van der Waals surface area (Å²) in [5.74, 6) is -0.873. The highest BCUT2D eigenvalue weighted by atomic mass is 19.4. The Morgan fingerprint density at radius 3 is 2.50 bits per heavy atom. The molecule has 160 valence electrons. The van der Waals surface area contributed by atoms with Crippen LogP contribution in [-0.4, -0.2) is 37.7 Å². The summed E-state index contributed by atoms with van der Waals surface area (Å²) in [6.07, 6.45) is -2.45. The first-order chi connectivity index (χ1) is 14.3. The second-order valence-corrected chi connectivity index (χ2v) is 6.96. The van der Waals surface area contributed by atoms with E-state index < -0.39 is 18.7 Å². The number of nitrogens with one attached hydrogen (secondary N) is 2. The molecule has 0 bridgehead atoms. The van der Waals surface area contributed by atoms with Crippen molar-refractivity contribution in [3.05, 3.63) is 65.2 Å². The summed E-state index contributed by atoms with van der Waals surface area (Å²) < 4.78 is 40.8. The third-order valence-electron chi connectivity index (χ3n) is 4.61. The van der Waals surface area contributed by atoms with Gasteiger partial charge in [0.2, 0.25) is 0 Å². The van der Waals surface area contributed by atoms with Crippen molar-refractivity contribution >= 4 is 17.5 Å². The van der Waals surface area contributed by atoms with E-state index in [1.165, 1.54) is 29.8 Å². The maximum absolute atomic E-state index is 12.2. The van der Waals surface area contributed by atoms with E-state index in [2.05, 4.69) is 15.6 Å². The van der Waals surface area contributed by atoms with Gasteiger partial charge in [0, 0.05) is 17.8 Å². The largest absolute Gasteiger partial charge is 0.411 e. The van der Waals surface area contributed by atoms with Gasteiger partial charge in [-0.25, -0.2) is 0 Å². The Kier molecular flexibility index (Phi) is 6.94. The van der Waals surface area contributed by atoms with Crippen LogP contribution in [0.25, 0.3) is 0 Å². The Morgan fingerprint density at radius 2 is 1.77 bits per heavy atom. The molecule has 0 fully saturated rings. The number of nitrogens with zero attached hydrogens (tertiary/aromatic N) is 1. The molecule has 3 rings (SSSR count). The summed E-state index contributed by atoms with van der Waals surface area (Å²) in [5, 5.41) is 0. The monoisotopic (exact) mass is 421 g/mol. The Labute approximate surface area is 172 Å². The van der Waals surface area contributed by atoms with E-state index in [0.29, 0.717) is 5.56 Å². The van der Waals surface area contributed by atoms with E-state index in [0.717, 1.165) is 25.1 Å². The molecular formula is C21H22F3N3O3. The summed E-state index contributed by atoms with van der Waals surface area (Å²) in [6, 6.07) is 13.8. The van der Waals surface area contributed by atoms with Crippen LogP contribution in [0.2, 0.25) is 0 Å². The quantitative estimate of drug-likeness (QED) is 0.704. The topological polar surface area (TPSA) is 70.7 Å². The smallest absolute Gasteiger partial charge is 0.367 e. The number of benzene rings is 2. The van der Waals surface area contributed by atoms with E-state index in [9.17, 15) is 22.8 Å². The van der Waals surface area contributed by atoms with E-state index >= 15 is 0 Å². The molecule has 0 atom stereocenters. The van der Waals surface area contributed by atoms with Gasteiger partial charge in [0.05, 0.1) is 13.2 Å². The molecule has 0 radical (unpaired) electrons. The highest BCUT2D eigenvalue weighted by Crippen LogP contribution is 2.26. The van der Waals surface area contributed by atoms with Gasteiger partial charge in [-0.2, -0.15) is 13.2 Å². The number of para-hydroxylation sites is 1. The fourth-order valence-corrected chi connectivity index (χ4v) is 3.22. The lowest BCUT2D eigenvalue weighted by Gasteiger charge is -2.30. The van der Waals surface area contributed by atoms with Gasteiger partial charge in [-0.1, -0.05) is 30.3 Å². The molecule has 30 heavy (non-hydrogen) atoms. The van der Waals surface area contributed by atoms with Gasteiger partial charge >= 0.3 is 6.18 Å². The molecule has 2 amide bonds. The number of aryl methyl sites for hydroxylation is 1. The van der Waals surface area contributed by atoms with Crippen LogP contribution in [0.5, 0.6) is 0 Å². The van der Waals surface area contributed by atoms with Crippen LogP contribution in [-0.2, 0) is 22.6 Å².